The molecule has 1 aromatic heterocycles. The van der Waals surface area contributed by atoms with E-state index in [0.717, 1.165) is 31.8 Å². The Morgan fingerprint density at radius 2 is 1.81 bits per heavy atom. The number of hydrogen-bond acceptors (Lipinski definition) is 3. The summed E-state index contributed by atoms with van der Waals surface area (Å²) in [5, 5.41) is 3.63. The van der Waals surface area contributed by atoms with E-state index >= 15 is 0 Å². The van der Waals surface area contributed by atoms with Crippen LogP contribution in [0.1, 0.15) is 44.6 Å². The lowest BCUT2D eigenvalue weighted by Gasteiger charge is -2.23. The number of furan rings is 1. The Hall–Kier alpha value is -1.74. The summed E-state index contributed by atoms with van der Waals surface area (Å²) < 4.78 is 5.55. The van der Waals surface area contributed by atoms with Crippen molar-refractivity contribution in [2.24, 2.45) is 0 Å². The lowest BCUT2D eigenvalue weighted by atomic mass is 10.1. The summed E-state index contributed by atoms with van der Waals surface area (Å²) in [4.78, 5) is 2.42. The second kappa shape index (κ2) is 7.89. The molecule has 2 rings (SSSR count). The van der Waals surface area contributed by atoms with Gasteiger partial charge in [0.15, 0.2) is 0 Å². The molecule has 114 valence electrons. The molecule has 0 spiro atoms. The molecule has 2 aromatic rings. The molecule has 1 heterocycles. The van der Waals surface area contributed by atoms with Gasteiger partial charge in [0.05, 0.1) is 12.3 Å². The van der Waals surface area contributed by atoms with Crippen LogP contribution < -0.4 is 5.32 Å². The van der Waals surface area contributed by atoms with Gasteiger partial charge >= 0.3 is 0 Å². The smallest absolute Gasteiger partial charge is 0.125 e. The van der Waals surface area contributed by atoms with Gasteiger partial charge in [-0.3, -0.25) is 4.90 Å². The summed E-state index contributed by atoms with van der Waals surface area (Å²) in [6.07, 6.45) is 2.73. The minimum Gasteiger partial charge on any atom is -0.467 e. The molecule has 21 heavy (non-hydrogen) atoms. The molecule has 0 fully saturated rings. The zero-order valence-electron chi connectivity index (χ0n) is 13.3. The molecule has 0 aliphatic carbocycles. The van der Waals surface area contributed by atoms with Gasteiger partial charge in [0.25, 0.3) is 0 Å². The van der Waals surface area contributed by atoms with E-state index in [4.69, 9.17) is 4.42 Å². The first kappa shape index (κ1) is 15.6. The van der Waals surface area contributed by atoms with Gasteiger partial charge in [-0.1, -0.05) is 39.0 Å². The fourth-order valence-electron chi connectivity index (χ4n) is 2.54. The van der Waals surface area contributed by atoms with Crippen molar-refractivity contribution in [2.75, 3.05) is 18.4 Å². The highest BCUT2D eigenvalue weighted by Gasteiger charge is 2.14. The van der Waals surface area contributed by atoms with Crippen molar-refractivity contribution in [3.63, 3.8) is 0 Å². The Balaban J connectivity index is 2.15. The standard InChI is InChI=1S/C18H26N2O/c1-4-16(18-12-9-13-21-18)19-17-11-8-7-10-15(17)14-20(5-2)6-3/h7-13,16,19H,4-6,14H2,1-3H3. The zero-order chi connectivity index (χ0) is 15.1. The average molecular weight is 286 g/mol. The largest absolute Gasteiger partial charge is 0.467 e. The summed E-state index contributed by atoms with van der Waals surface area (Å²) in [6, 6.07) is 12.8. The molecule has 0 saturated heterocycles. The van der Waals surface area contributed by atoms with Crippen molar-refractivity contribution in [1.29, 1.82) is 0 Å². The minimum absolute atomic E-state index is 0.220. The molecular weight excluding hydrogens is 260 g/mol. The fourth-order valence-corrected chi connectivity index (χ4v) is 2.54. The van der Waals surface area contributed by atoms with Gasteiger partial charge in [0.1, 0.15) is 5.76 Å². The van der Waals surface area contributed by atoms with Crippen LogP contribution in [0.3, 0.4) is 0 Å². The molecule has 0 saturated carbocycles. The monoisotopic (exact) mass is 286 g/mol. The quantitative estimate of drug-likeness (QED) is 0.763. The van der Waals surface area contributed by atoms with Gasteiger partial charge in [-0.25, -0.2) is 0 Å². The maximum absolute atomic E-state index is 5.55. The molecular formula is C18H26N2O. The normalized spacial score (nSPS) is 12.6. The van der Waals surface area contributed by atoms with Crippen molar-refractivity contribution >= 4 is 5.69 Å². The van der Waals surface area contributed by atoms with E-state index in [1.54, 1.807) is 6.26 Å². The minimum atomic E-state index is 0.220. The number of anilines is 1. The second-order valence-corrected chi connectivity index (χ2v) is 5.24. The van der Waals surface area contributed by atoms with Gasteiger partial charge in [-0.15, -0.1) is 0 Å². The topological polar surface area (TPSA) is 28.4 Å². The van der Waals surface area contributed by atoms with Crippen molar-refractivity contribution in [3.05, 3.63) is 54.0 Å². The second-order valence-electron chi connectivity index (χ2n) is 5.24. The van der Waals surface area contributed by atoms with E-state index < -0.39 is 0 Å². The van der Waals surface area contributed by atoms with E-state index in [2.05, 4.69) is 55.3 Å². The molecule has 0 aliphatic rings. The third-order valence-corrected chi connectivity index (χ3v) is 3.93. The first-order chi connectivity index (χ1) is 10.3. The van der Waals surface area contributed by atoms with Crippen LogP contribution in [0.25, 0.3) is 0 Å². The van der Waals surface area contributed by atoms with Gasteiger partial charge in [-0.05, 0) is 43.3 Å². The van der Waals surface area contributed by atoms with Crippen molar-refractivity contribution < 1.29 is 4.42 Å². The summed E-state index contributed by atoms with van der Waals surface area (Å²) >= 11 is 0. The summed E-state index contributed by atoms with van der Waals surface area (Å²) in [5.41, 5.74) is 2.54. The molecule has 0 amide bonds. The van der Waals surface area contributed by atoms with Crippen LogP contribution in [-0.4, -0.2) is 18.0 Å². The van der Waals surface area contributed by atoms with Crippen molar-refractivity contribution in [2.45, 2.75) is 39.8 Å². The predicted molar refractivity (Wildman–Crippen MR) is 88.4 cm³/mol. The molecule has 0 radical (unpaired) electrons. The van der Waals surface area contributed by atoms with E-state index in [9.17, 15) is 0 Å². The van der Waals surface area contributed by atoms with Crippen molar-refractivity contribution in [1.82, 2.24) is 4.90 Å². The lowest BCUT2D eigenvalue weighted by molar-refractivity contribution is 0.296. The molecule has 1 unspecified atom stereocenters. The van der Waals surface area contributed by atoms with Crippen LogP contribution in [0.5, 0.6) is 0 Å². The Morgan fingerprint density at radius 3 is 2.43 bits per heavy atom. The number of rotatable bonds is 8. The SMILES string of the molecule is CCC(Nc1ccccc1CN(CC)CC)c1ccco1. The van der Waals surface area contributed by atoms with Gasteiger partial charge in [0, 0.05) is 12.2 Å². The van der Waals surface area contributed by atoms with Crippen LogP contribution >= 0.6 is 0 Å². The highest BCUT2D eigenvalue weighted by Crippen LogP contribution is 2.26. The van der Waals surface area contributed by atoms with E-state index in [0.29, 0.717) is 0 Å². The van der Waals surface area contributed by atoms with Gasteiger partial charge < -0.3 is 9.73 Å². The maximum Gasteiger partial charge on any atom is 0.125 e. The molecule has 0 bridgehead atoms. The van der Waals surface area contributed by atoms with Crippen LogP contribution in [0, 0.1) is 0 Å². The summed E-state index contributed by atoms with van der Waals surface area (Å²) in [5.74, 6) is 0.996. The van der Waals surface area contributed by atoms with Crippen LogP contribution in [0.4, 0.5) is 5.69 Å². The average Bonchev–Trinajstić information content (AvgIpc) is 3.05. The Bertz CT molecular complexity index is 518. The number of para-hydroxylation sites is 1. The molecule has 3 heteroatoms. The Labute approximate surface area is 128 Å². The lowest BCUT2D eigenvalue weighted by Crippen LogP contribution is -2.23. The number of nitrogens with zero attached hydrogens (tertiary/aromatic N) is 1. The van der Waals surface area contributed by atoms with Gasteiger partial charge in [0.2, 0.25) is 0 Å². The maximum atomic E-state index is 5.55. The van der Waals surface area contributed by atoms with E-state index in [-0.39, 0.29) is 6.04 Å². The highest BCUT2D eigenvalue weighted by atomic mass is 16.3. The molecule has 0 aliphatic heterocycles. The third kappa shape index (κ3) is 4.11. The van der Waals surface area contributed by atoms with Crippen LogP contribution in [0.2, 0.25) is 0 Å². The van der Waals surface area contributed by atoms with Gasteiger partial charge in [-0.2, -0.15) is 0 Å². The summed E-state index contributed by atoms with van der Waals surface area (Å²) in [6.45, 7) is 9.70. The molecule has 1 N–H and O–H groups in total. The number of benzene rings is 1. The third-order valence-electron chi connectivity index (χ3n) is 3.93. The van der Waals surface area contributed by atoms with Crippen LogP contribution in [0.15, 0.2) is 47.1 Å². The Morgan fingerprint density at radius 1 is 1.05 bits per heavy atom. The van der Waals surface area contributed by atoms with Crippen LogP contribution in [-0.2, 0) is 6.54 Å². The first-order valence-corrected chi connectivity index (χ1v) is 7.88. The molecule has 3 nitrogen and oxygen atoms in total. The van der Waals surface area contributed by atoms with E-state index in [1.165, 1.54) is 11.3 Å². The van der Waals surface area contributed by atoms with E-state index in [1.807, 2.05) is 12.1 Å². The molecule has 1 aromatic carbocycles. The first-order valence-electron chi connectivity index (χ1n) is 7.88. The van der Waals surface area contributed by atoms with Crippen molar-refractivity contribution in [3.8, 4) is 0 Å². The highest BCUT2D eigenvalue weighted by molar-refractivity contribution is 5.52. The summed E-state index contributed by atoms with van der Waals surface area (Å²) in [7, 11) is 0. The predicted octanol–water partition coefficient (Wildman–Crippen LogP) is 4.68. The Kier molecular flexibility index (Phi) is 5.88. The number of hydrogen-bond donors (Lipinski definition) is 1. The number of nitrogens with one attached hydrogen (secondary N) is 1. The fraction of sp³-hybridized carbons (Fsp3) is 0.444. The molecule has 1 atom stereocenters. The zero-order valence-corrected chi connectivity index (χ0v) is 13.3.